The number of aromatic nitrogens is 3. The van der Waals surface area contributed by atoms with Crippen LogP contribution in [0.15, 0.2) is 48.4 Å². The minimum atomic E-state index is -0.357. The number of carbonyl (C=O) groups is 2. The topological polar surface area (TPSA) is 140 Å². The summed E-state index contributed by atoms with van der Waals surface area (Å²) in [5.74, 6) is 0.524. The number of piperazine rings is 1. The van der Waals surface area contributed by atoms with E-state index >= 15 is 0 Å². The molecule has 0 saturated carbocycles. The van der Waals surface area contributed by atoms with Crippen LogP contribution in [0.25, 0.3) is 22.2 Å². The van der Waals surface area contributed by atoms with Gasteiger partial charge in [0.1, 0.15) is 17.1 Å². The van der Waals surface area contributed by atoms with Crippen molar-refractivity contribution < 1.29 is 23.8 Å². The Hall–Kier alpha value is -4.17. The van der Waals surface area contributed by atoms with Gasteiger partial charge in [-0.2, -0.15) is 4.98 Å². The van der Waals surface area contributed by atoms with Crippen LogP contribution in [0.3, 0.4) is 0 Å². The molecule has 0 radical (unpaired) electrons. The molecule has 48 heavy (non-hydrogen) atoms. The molecular formula is C33H39Cl2N7O6. The largest absolute Gasteiger partial charge is 0.495 e. The highest BCUT2D eigenvalue weighted by Gasteiger charge is 2.28. The second kappa shape index (κ2) is 15.8. The van der Waals surface area contributed by atoms with Gasteiger partial charge in [-0.05, 0) is 37.6 Å². The Labute approximate surface area is 288 Å². The van der Waals surface area contributed by atoms with Crippen molar-refractivity contribution >= 4 is 52.0 Å². The second-order valence-corrected chi connectivity index (χ2v) is 12.2. The summed E-state index contributed by atoms with van der Waals surface area (Å²) in [6.07, 6.45) is 5.41. The van der Waals surface area contributed by atoms with Crippen LogP contribution in [0, 0.1) is 0 Å². The Morgan fingerprint density at radius 1 is 1.04 bits per heavy atom. The number of methoxy groups -OCH3 is 2. The van der Waals surface area contributed by atoms with Crippen molar-refractivity contribution in [3.63, 3.8) is 0 Å². The minimum Gasteiger partial charge on any atom is -0.495 e. The number of halogens is 2. The molecule has 2 atom stereocenters. The average molecular weight is 701 g/mol. The predicted molar refractivity (Wildman–Crippen MR) is 185 cm³/mol. The molecule has 0 bridgehead atoms. The molecule has 2 fully saturated rings. The summed E-state index contributed by atoms with van der Waals surface area (Å²) in [6, 6.07) is 2.68. The Balaban J connectivity index is 1.51. The van der Waals surface area contributed by atoms with Crippen molar-refractivity contribution in [1.29, 1.82) is 0 Å². The number of carbonyl (C=O) groups excluding carboxylic acids is 2. The van der Waals surface area contributed by atoms with Crippen LogP contribution in [0.1, 0.15) is 12.8 Å². The van der Waals surface area contributed by atoms with Crippen LogP contribution in [0.4, 0.5) is 5.95 Å². The van der Waals surface area contributed by atoms with Crippen LogP contribution in [0.5, 0.6) is 11.5 Å². The van der Waals surface area contributed by atoms with E-state index in [1.54, 1.807) is 27.8 Å². The molecule has 5 rings (SSSR count). The molecule has 13 nitrogen and oxygen atoms in total. The maximum atomic E-state index is 14.4. The number of rotatable bonds is 12. The third kappa shape index (κ3) is 7.59. The first-order valence-corrected chi connectivity index (χ1v) is 16.4. The monoisotopic (exact) mass is 699 g/mol. The highest BCUT2D eigenvalue weighted by molar-refractivity contribution is 6.41. The number of hydrogen-bond donors (Lipinski definition) is 2. The van der Waals surface area contributed by atoms with Gasteiger partial charge in [-0.3, -0.25) is 23.9 Å². The zero-order valence-corrected chi connectivity index (χ0v) is 28.5. The lowest BCUT2D eigenvalue weighted by molar-refractivity contribution is -0.127. The van der Waals surface area contributed by atoms with E-state index in [2.05, 4.69) is 33.7 Å². The van der Waals surface area contributed by atoms with Gasteiger partial charge in [0, 0.05) is 62.5 Å². The van der Waals surface area contributed by atoms with Gasteiger partial charge in [0.25, 0.3) is 5.56 Å². The molecule has 2 aliphatic heterocycles. The molecule has 4 heterocycles. The van der Waals surface area contributed by atoms with E-state index in [1.165, 1.54) is 26.4 Å². The number of ether oxygens (including phenoxy) is 3. The number of nitrogens with zero attached hydrogens (tertiary/aromatic N) is 5. The minimum absolute atomic E-state index is 0.0747. The number of hydrogen-bond acceptors (Lipinski definition) is 10. The van der Waals surface area contributed by atoms with Gasteiger partial charge >= 0.3 is 0 Å². The van der Waals surface area contributed by atoms with Gasteiger partial charge < -0.3 is 29.7 Å². The van der Waals surface area contributed by atoms with Gasteiger partial charge in [0.2, 0.25) is 17.8 Å². The van der Waals surface area contributed by atoms with Gasteiger partial charge in [0.05, 0.1) is 48.5 Å². The van der Waals surface area contributed by atoms with Gasteiger partial charge in [-0.25, -0.2) is 4.98 Å². The van der Waals surface area contributed by atoms with Crippen molar-refractivity contribution in [2.24, 2.45) is 0 Å². The molecule has 2 aliphatic rings. The molecule has 2 N–H and O–H groups in total. The van der Waals surface area contributed by atoms with Crippen LogP contribution < -0.4 is 25.7 Å². The van der Waals surface area contributed by atoms with Crippen molar-refractivity contribution in [1.82, 2.24) is 29.7 Å². The lowest BCUT2D eigenvalue weighted by Crippen LogP contribution is -2.52. The maximum Gasteiger partial charge on any atom is 0.260 e. The fraction of sp³-hybridized carbons (Fsp3) is 0.424. The van der Waals surface area contributed by atoms with E-state index in [0.29, 0.717) is 87.9 Å². The van der Waals surface area contributed by atoms with E-state index < -0.39 is 0 Å². The number of anilines is 1. The third-order valence-corrected chi connectivity index (χ3v) is 9.32. The number of aryl methyl sites for hydroxylation is 1. The molecule has 0 unspecified atom stereocenters. The summed E-state index contributed by atoms with van der Waals surface area (Å²) in [4.78, 5) is 51.8. The fourth-order valence-electron chi connectivity index (χ4n) is 5.97. The lowest BCUT2D eigenvalue weighted by Gasteiger charge is -2.34. The molecule has 0 aliphatic carbocycles. The fourth-order valence-corrected chi connectivity index (χ4v) is 6.68. The van der Waals surface area contributed by atoms with E-state index in [4.69, 9.17) is 42.4 Å². The quantitative estimate of drug-likeness (QED) is 0.271. The summed E-state index contributed by atoms with van der Waals surface area (Å²) >= 11 is 13.5. The zero-order valence-electron chi connectivity index (χ0n) is 27.0. The Morgan fingerprint density at radius 2 is 1.75 bits per heavy atom. The maximum absolute atomic E-state index is 14.4. The molecule has 3 aromatic rings. The normalized spacial score (nSPS) is 18.3. The second-order valence-electron chi connectivity index (χ2n) is 11.4. The number of amides is 2. The van der Waals surface area contributed by atoms with Crippen LogP contribution in [0.2, 0.25) is 10.0 Å². The first-order valence-electron chi connectivity index (χ1n) is 15.6. The third-order valence-electron chi connectivity index (χ3n) is 8.57. The van der Waals surface area contributed by atoms with Crippen LogP contribution >= 0.6 is 23.2 Å². The van der Waals surface area contributed by atoms with Gasteiger partial charge in [-0.15, -0.1) is 0 Å². The molecule has 15 heteroatoms. The van der Waals surface area contributed by atoms with E-state index in [1.807, 2.05) is 0 Å². The average Bonchev–Trinajstić information content (AvgIpc) is 3.10. The molecule has 2 saturated heterocycles. The van der Waals surface area contributed by atoms with Gasteiger partial charge in [-0.1, -0.05) is 36.4 Å². The SMILES string of the molecule is C=CC(=O)N[C@H]1CCOC[C@H]1Nc1ncc2cc(-c3c(Cl)c(OC)cc(OC)c3Cl)c(=O)n(CCCN3CCN(C(=O)C=C)CC3)c2n1. The van der Waals surface area contributed by atoms with Crippen LogP contribution in [-0.4, -0.2) is 108 Å². The number of pyridine rings is 1. The summed E-state index contributed by atoms with van der Waals surface area (Å²) in [7, 11) is 2.94. The number of benzene rings is 1. The van der Waals surface area contributed by atoms with Gasteiger partial charge in [0.15, 0.2) is 0 Å². The predicted octanol–water partition coefficient (Wildman–Crippen LogP) is 3.37. The Bertz CT molecular complexity index is 1730. The Morgan fingerprint density at radius 3 is 2.40 bits per heavy atom. The molecule has 0 spiro atoms. The van der Waals surface area contributed by atoms with Crippen molar-refractivity contribution in [2.45, 2.75) is 31.5 Å². The molecule has 2 amide bonds. The first-order chi connectivity index (χ1) is 23.2. The highest BCUT2D eigenvalue weighted by Crippen LogP contribution is 2.45. The van der Waals surface area contributed by atoms with Crippen molar-refractivity contribution in [3.8, 4) is 22.6 Å². The van der Waals surface area contributed by atoms with Crippen LogP contribution in [-0.2, 0) is 20.9 Å². The van der Waals surface area contributed by atoms with Crippen molar-refractivity contribution in [3.05, 3.63) is 64.0 Å². The molecule has 256 valence electrons. The van der Waals surface area contributed by atoms with E-state index in [-0.39, 0.29) is 56.6 Å². The van der Waals surface area contributed by atoms with E-state index in [9.17, 15) is 14.4 Å². The molecular weight excluding hydrogens is 661 g/mol. The van der Waals surface area contributed by atoms with E-state index in [0.717, 1.165) is 0 Å². The first kappa shape index (κ1) is 35.1. The zero-order chi connectivity index (χ0) is 34.4. The Kier molecular flexibility index (Phi) is 11.6. The van der Waals surface area contributed by atoms with Crippen molar-refractivity contribution in [2.75, 3.05) is 65.5 Å². The molecule has 1 aromatic carbocycles. The molecule has 2 aromatic heterocycles. The summed E-state index contributed by atoms with van der Waals surface area (Å²) in [5, 5.41) is 7.14. The summed E-state index contributed by atoms with van der Waals surface area (Å²) in [5.41, 5.74) is 0.571. The summed E-state index contributed by atoms with van der Waals surface area (Å²) < 4.78 is 18.2. The standard InChI is InChI=1S/C33H39Cl2N7O6/c1-5-26(43)37-22-8-15-48-19-23(22)38-33-36-18-20-16-21(28-29(34)24(46-3)17-25(47-4)30(28)35)32(45)42(31(20)39-33)10-7-9-40-11-13-41(14-12-40)27(44)6-2/h5-6,16-18,22-23H,1-2,7-15,19H2,3-4H3,(H,37,43)(H,36,38,39)/t22-,23+/m0/s1. The number of fused-ring (bicyclic) bond motifs is 1. The highest BCUT2D eigenvalue weighted by atomic mass is 35.5. The summed E-state index contributed by atoms with van der Waals surface area (Å²) in [6.45, 7) is 11.6. The number of nitrogens with one attached hydrogen (secondary N) is 2. The smallest absolute Gasteiger partial charge is 0.260 e. The lowest BCUT2D eigenvalue weighted by atomic mass is 10.0.